The van der Waals surface area contributed by atoms with Gasteiger partial charge in [-0.1, -0.05) is 6.92 Å². The lowest BCUT2D eigenvalue weighted by molar-refractivity contribution is 0.0280. The summed E-state index contributed by atoms with van der Waals surface area (Å²) in [6.07, 6.45) is 0.536. The average molecular weight is 265 g/mol. The van der Waals surface area contributed by atoms with Crippen LogP contribution in [-0.4, -0.2) is 26.2 Å². The number of benzene rings is 1. The van der Waals surface area contributed by atoms with Crippen LogP contribution in [0.4, 0.5) is 0 Å². The van der Waals surface area contributed by atoms with Crippen LogP contribution in [0.5, 0.6) is 11.5 Å². The maximum absolute atomic E-state index is 12.0. The molecule has 1 aromatic rings. The van der Waals surface area contributed by atoms with E-state index in [1.165, 1.54) is 7.11 Å². The molecule has 19 heavy (non-hydrogen) atoms. The summed E-state index contributed by atoms with van der Waals surface area (Å²) in [5.74, 6) is 0.576. The molecule has 0 unspecified atom stereocenters. The quantitative estimate of drug-likeness (QED) is 0.828. The van der Waals surface area contributed by atoms with Gasteiger partial charge in [0.2, 0.25) is 0 Å². The van der Waals surface area contributed by atoms with Crippen molar-refractivity contribution in [3.8, 4) is 11.5 Å². The molecular formula is C14H19NO4. The number of esters is 1. The number of nitrogens with one attached hydrogen (secondary N) is 1. The van der Waals surface area contributed by atoms with Gasteiger partial charge in [0.25, 0.3) is 0 Å². The molecule has 104 valence electrons. The van der Waals surface area contributed by atoms with Crippen LogP contribution in [0.15, 0.2) is 12.1 Å². The van der Waals surface area contributed by atoms with Crippen molar-refractivity contribution in [2.75, 3.05) is 14.2 Å². The van der Waals surface area contributed by atoms with Crippen LogP contribution in [0.2, 0.25) is 0 Å². The molecule has 0 saturated heterocycles. The number of ether oxygens (including phenoxy) is 3. The molecule has 0 radical (unpaired) electrons. The molecule has 0 bridgehead atoms. The molecule has 5 heteroatoms. The third-order valence-electron chi connectivity index (χ3n) is 3.34. The molecule has 1 aliphatic rings. The van der Waals surface area contributed by atoms with Crippen molar-refractivity contribution in [3.05, 3.63) is 23.3 Å². The molecule has 2 rings (SSSR count). The summed E-state index contributed by atoms with van der Waals surface area (Å²) >= 11 is 0. The minimum absolute atomic E-state index is 0.261. The Morgan fingerprint density at radius 1 is 1.37 bits per heavy atom. The molecule has 1 heterocycles. The number of methoxy groups -OCH3 is 2. The lowest BCUT2D eigenvalue weighted by Gasteiger charge is -2.18. The zero-order chi connectivity index (χ0) is 14.0. The second kappa shape index (κ2) is 5.48. The lowest BCUT2D eigenvalue weighted by atomic mass is 10.1. The number of hydrogen-bond acceptors (Lipinski definition) is 5. The number of cyclic esters (lactones) is 1. The maximum Gasteiger partial charge on any atom is 0.344 e. The fourth-order valence-corrected chi connectivity index (χ4v) is 2.10. The number of hydrogen-bond donors (Lipinski definition) is 1. The highest BCUT2D eigenvalue weighted by Gasteiger charge is 2.36. The highest BCUT2D eigenvalue weighted by Crippen LogP contribution is 2.41. The van der Waals surface area contributed by atoms with Crippen molar-refractivity contribution in [1.82, 2.24) is 5.32 Å². The summed E-state index contributed by atoms with van der Waals surface area (Å²) < 4.78 is 15.8. The Bertz CT molecular complexity index is 487. The second-order valence-electron chi connectivity index (χ2n) is 4.53. The van der Waals surface area contributed by atoms with Gasteiger partial charge in [-0.3, -0.25) is 5.32 Å². The van der Waals surface area contributed by atoms with Gasteiger partial charge in [0, 0.05) is 11.6 Å². The summed E-state index contributed by atoms with van der Waals surface area (Å²) in [5, 5.41) is 3.26. The Labute approximate surface area is 112 Å². The molecule has 2 atom stereocenters. The second-order valence-corrected chi connectivity index (χ2v) is 4.53. The fraction of sp³-hybridized carbons (Fsp3) is 0.500. The summed E-state index contributed by atoms with van der Waals surface area (Å²) in [6, 6.07) is 3.88. The predicted molar refractivity (Wildman–Crippen MR) is 70.6 cm³/mol. The zero-order valence-electron chi connectivity index (χ0n) is 11.6. The van der Waals surface area contributed by atoms with Crippen LogP contribution in [0, 0.1) is 0 Å². The normalized spacial score (nSPS) is 18.7. The van der Waals surface area contributed by atoms with Crippen LogP contribution >= 0.6 is 0 Å². The van der Waals surface area contributed by atoms with Gasteiger partial charge < -0.3 is 14.2 Å². The largest absolute Gasteiger partial charge is 0.493 e. The lowest BCUT2D eigenvalue weighted by Crippen LogP contribution is -2.29. The average Bonchev–Trinajstić information content (AvgIpc) is 2.74. The van der Waals surface area contributed by atoms with Gasteiger partial charge in [-0.25, -0.2) is 4.79 Å². The van der Waals surface area contributed by atoms with E-state index in [1.54, 1.807) is 13.2 Å². The first-order valence-electron chi connectivity index (χ1n) is 6.34. The van der Waals surface area contributed by atoms with Gasteiger partial charge in [-0.05, 0) is 25.5 Å². The van der Waals surface area contributed by atoms with Gasteiger partial charge in [0.15, 0.2) is 17.7 Å². The number of fused-ring (bicyclic) bond motifs is 1. The smallest absolute Gasteiger partial charge is 0.344 e. The molecule has 1 aliphatic heterocycles. The third-order valence-corrected chi connectivity index (χ3v) is 3.34. The predicted octanol–water partition coefficient (Wildman–Crippen LogP) is 2.26. The minimum atomic E-state index is -0.419. The van der Waals surface area contributed by atoms with Gasteiger partial charge in [-0.15, -0.1) is 0 Å². The third kappa shape index (κ3) is 2.38. The molecule has 0 amide bonds. The van der Waals surface area contributed by atoms with E-state index in [0.29, 0.717) is 17.1 Å². The van der Waals surface area contributed by atoms with Gasteiger partial charge in [0.1, 0.15) is 5.56 Å². The Kier molecular flexibility index (Phi) is 3.95. The number of rotatable bonds is 5. The monoisotopic (exact) mass is 265 g/mol. The van der Waals surface area contributed by atoms with Gasteiger partial charge in [0.05, 0.1) is 14.2 Å². The first-order valence-corrected chi connectivity index (χ1v) is 6.34. The first-order chi connectivity index (χ1) is 9.12. The van der Waals surface area contributed by atoms with Crippen molar-refractivity contribution in [1.29, 1.82) is 0 Å². The van der Waals surface area contributed by atoms with E-state index in [2.05, 4.69) is 12.2 Å². The molecule has 0 fully saturated rings. The van der Waals surface area contributed by atoms with Crippen molar-refractivity contribution in [2.24, 2.45) is 0 Å². The van der Waals surface area contributed by atoms with Crippen LogP contribution in [0.3, 0.4) is 0 Å². The minimum Gasteiger partial charge on any atom is -0.493 e. The summed E-state index contributed by atoms with van der Waals surface area (Å²) in [5.41, 5.74) is 1.24. The topological polar surface area (TPSA) is 56.8 Å². The number of carbonyl (C=O) groups excluding carboxylic acids is 1. The van der Waals surface area contributed by atoms with Crippen molar-refractivity contribution >= 4 is 5.97 Å². The molecule has 5 nitrogen and oxygen atoms in total. The van der Waals surface area contributed by atoms with E-state index >= 15 is 0 Å². The van der Waals surface area contributed by atoms with Crippen molar-refractivity contribution in [3.63, 3.8) is 0 Å². The molecular weight excluding hydrogens is 246 g/mol. The standard InChI is InChI=1S/C14H19NO4/c1-5-8(2)15-13-9-6-7-10(17-3)12(18-4)11(9)14(16)19-13/h6-8,13,15H,5H2,1-4H3/t8-,13+/m1/s1. The summed E-state index contributed by atoms with van der Waals surface area (Å²) in [7, 11) is 3.06. The highest BCUT2D eigenvalue weighted by molar-refractivity contribution is 5.98. The molecule has 1 aromatic carbocycles. The molecule has 0 aromatic heterocycles. The van der Waals surface area contributed by atoms with E-state index in [4.69, 9.17) is 14.2 Å². The van der Waals surface area contributed by atoms with Crippen LogP contribution in [0.1, 0.15) is 42.4 Å². The maximum atomic E-state index is 12.0. The Morgan fingerprint density at radius 3 is 2.68 bits per heavy atom. The van der Waals surface area contributed by atoms with Gasteiger partial charge in [-0.2, -0.15) is 0 Å². The van der Waals surface area contributed by atoms with Crippen molar-refractivity contribution in [2.45, 2.75) is 32.5 Å². The van der Waals surface area contributed by atoms with E-state index in [-0.39, 0.29) is 12.0 Å². The van der Waals surface area contributed by atoms with Gasteiger partial charge >= 0.3 is 5.97 Å². The van der Waals surface area contributed by atoms with Crippen LogP contribution in [-0.2, 0) is 4.74 Å². The Balaban J connectivity index is 2.40. The van der Waals surface area contributed by atoms with Crippen molar-refractivity contribution < 1.29 is 19.0 Å². The van der Waals surface area contributed by atoms with Crippen LogP contribution in [0.25, 0.3) is 0 Å². The van der Waals surface area contributed by atoms with E-state index in [9.17, 15) is 4.79 Å². The Morgan fingerprint density at radius 2 is 2.11 bits per heavy atom. The fourth-order valence-electron chi connectivity index (χ4n) is 2.10. The molecule has 0 saturated carbocycles. The molecule has 0 spiro atoms. The number of carbonyl (C=O) groups is 1. The van der Waals surface area contributed by atoms with E-state index < -0.39 is 6.23 Å². The Hall–Kier alpha value is -1.75. The van der Waals surface area contributed by atoms with Crippen LogP contribution < -0.4 is 14.8 Å². The summed E-state index contributed by atoms with van der Waals surface area (Å²) in [4.78, 5) is 12.0. The van der Waals surface area contributed by atoms with E-state index in [0.717, 1.165) is 12.0 Å². The summed E-state index contributed by atoms with van der Waals surface area (Å²) in [6.45, 7) is 4.12. The molecule has 1 N–H and O–H groups in total. The molecule has 0 aliphatic carbocycles. The van der Waals surface area contributed by atoms with E-state index in [1.807, 2.05) is 13.0 Å². The first kappa shape index (κ1) is 13.7. The zero-order valence-corrected chi connectivity index (χ0v) is 11.6. The SMILES string of the molecule is CC[C@@H](C)N[C@H]1OC(=O)c2c1ccc(OC)c2OC. The highest BCUT2D eigenvalue weighted by atomic mass is 16.6.